The molecular weight excluding hydrogens is 222 g/mol. The number of nitrogens with one attached hydrogen (secondary N) is 1. The Hall–Kier alpha value is -2.39. The summed E-state index contributed by atoms with van der Waals surface area (Å²) in [5.41, 5.74) is 5.85. The zero-order chi connectivity index (χ0) is 12.4. The number of nitrogen functional groups attached to an aromatic ring is 1. The van der Waals surface area contributed by atoms with Gasteiger partial charge in [-0.15, -0.1) is 0 Å². The van der Waals surface area contributed by atoms with Crippen molar-refractivity contribution < 1.29 is 0 Å². The first kappa shape index (κ1) is 10.7. The van der Waals surface area contributed by atoms with Crippen molar-refractivity contribution in [1.29, 1.82) is 0 Å². The quantitative estimate of drug-likeness (QED) is 0.530. The maximum atomic E-state index is 5.48. The van der Waals surface area contributed by atoms with Crippen LogP contribution in [-0.4, -0.2) is 4.98 Å². The Morgan fingerprint density at radius 1 is 0.889 bits per heavy atom. The molecule has 0 saturated heterocycles. The van der Waals surface area contributed by atoms with Gasteiger partial charge >= 0.3 is 0 Å². The van der Waals surface area contributed by atoms with E-state index in [-0.39, 0.29) is 0 Å². The number of rotatable bonds is 2. The van der Waals surface area contributed by atoms with Crippen LogP contribution in [-0.2, 0) is 0 Å². The highest BCUT2D eigenvalue weighted by molar-refractivity contribution is 5.95. The molecule has 0 aliphatic rings. The molecule has 0 atom stereocenters. The van der Waals surface area contributed by atoms with Crippen molar-refractivity contribution in [3.05, 3.63) is 60.7 Å². The number of anilines is 1. The summed E-state index contributed by atoms with van der Waals surface area (Å²) in [5.74, 6) is 6.15. The van der Waals surface area contributed by atoms with Crippen LogP contribution in [0.5, 0.6) is 0 Å². The number of benzene rings is 2. The molecule has 0 radical (unpaired) electrons. The molecule has 88 valence electrons. The van der Waals surface area contributed by atoms with Crippen LogP contribution in [0.2, 0.25) is 0 Å². The summed E-state index contributed by atoms with van der Waals surface area (Å²) < 4.78 is 0. The highest BCUT2D eigenvalue weighted by Crippen LogP contribution is 2.29. The Balaban J connectivity index is 2.33. The second kappa shape index (κ2) is 4.47. The Labute approximate surface area is 105 Å². The Morgan fingerprint density at radius 2 is 1.61 bits per heavy atom. The molecule has 0 unspecified atom stereocenters. The van der Waals surface area contributed by atoms with E-state index in [0.29, 0.717) is 5.82 Å². The van der Waals surface area contributed by atoms with Gasteiger partial charge in [-0.3, -0.25) is 0 Å². The Morgan fingerprint density at radius 3 is 2.39 bits per heavy atom. The van der Waals surface area contributed by atoms with Crippen molar-refractivity contribution in [2.75, 3.05) is 5.43 Å². The number of hydrogen-bond donors (Lipinski definition) is 2. The molecule has 0 aliphatic carbocycles. The number of hydrogen-bond acceptors (Lipinski definition) is 3. The van der Waals surface area contributed by atoms with Crippen LogP contribution in [0.1, 0.15) is 0 Å². The lowest BCUT2D eigenvalue weighted by atomic mass is 10.0. The van der Waals surface area contributed by atoms with Crippen LogP contribution in [0.4, 0.5) is 5.82 Å². The molecule has 3 nitrogen and oxygen atoms in total. The summed E-state index contributed by atoms with van der Waals surface area (Å²) in [5, 5.41) is 1.13. The molecule has 1 aromatic heterocycles. The van der Waals surface area contributed by atoms with Gasteiger partial charge in [-0.25, -0.2) is 10.8 Å². The van der Waals surface area contributed by atoms with Crippen LogP contribution in [0.3, 0.4) is 0 Å². The van der Waals surface area contributed by atoms with Gasteiger partial charge in [0.25, 0.3) is 0 Å². The fraction of sp³-hybridized carbons (Fsp3) is 0. The third-order valence-corrected chi connectivity index (χ3v) is 2.95. The summed E-state index contributed by atoms with van der Waals surface area (Å²) >= 11 is 0. The molecule has 0 fully saturated rings. The first-order chi connectivity index (χ1) is 8.88. The lowest BCUT2D eigenvalue weighted by Gasteiger charge is -2.09. The van der Waals surface area contributed by atoms with Crippen LogP contribution in [0, 0.1) is 0 Å². The number of nitrogens with two attached hydrogens (primary N) is 1. The topological polar surface area (TPSA) is 50.9 Å². The lowest BCUT2D eigenvalue weighted by molar-refractivity contribution is 1.26. The van der Waals surface area contributed by atoms with Gasteiger partial charge in [0.15, 0.2) is 0 Å². The molecular formula is C15H13N3. The summed E-state index contributed by atoms with van der Waals surface area (Å²) in [6.45, 7) is 0. The minimum atomic E-state index is 0.674. The van der Waals surface area contributed by atoms with E-state index in [1.54, 1.807) is 0 Å². The molecule has 0 aliphatic heterocycles. The van der Waals surface area contributed by atoms with E-state index in [1.165, 1.54) is 0 Å². The molecule has 0 saturated carbocycles. The second-order valence-electron chi connectivity index (χ2n) is 4.08. The zero-order valence-electron chi connectivity index (χ0n) is 9.80. The molecule has 1 heterocycles. The third-order valence-electron chi connectivity index (χ3n) is 2.95. The third kappa shape index (κ3) is 1.81. The van der Waals surface area contributed by atoms with Crippen LogP contribution >= 0.6 is 0 Å². The maximum Gasteiger partial charge on any atom is 0.141 e. The normalized spacial score (nSPS) is 10.5. The van der Waals surface area contributed by atoms with E-state index < -0.39 is 0 Å². The summed E-state index contributed by atoms with van der Waals surface area (Å²) in [6, 6.07) is 20.3. The van der Waals surface area contributed by atoms with Crippen molar-refractivity contribution >= 4 is 16.7 Å². The van der Waals surface area contributed by atoms with Crippen molar-refractivity contribution in [1.82, 2.24) is 4.98 Å². The molecule has 0 amide bonds. The number of para-hydroxylation sites is 1. The molecule has 0 spiro atoms. The Kier molecular flexibility index (Phi) is 2.67. The number of hydrazine groups is 1. The van der Waals surface area contributed by atoms with E-state index in [9.17, 15) is 0 Å². The first-order valence-corrected chi connectivity index (χ1v) is 5.80. The first-order valence-electron chi connectivity index (χ1n) is 5.80. The second-order valence-corrected chi connectivity index (χ2v) is 4.08. The van der Waals surface area contributed by atoms with Crippen molar-refractivity contribution in [3.63, 3.8) is 0 Å². The monoisotopic (exact) mass is 235 g/mol. The largest absolute Gasteiger partial charge is 0.308 e. The average Bonchev–Trinajstić information content (AvgIpc) is 2.47. The minimum Gasteiger partial charge on any atom is -0.308 e. The average molecular weight is 235 g/mol. The molecule has 3 N–H and O–H groups in total. The van der Waals surface area contributed by atoms with Gasteiger partial charge in [0.2, 0.25) is 0 Å². The van der Waals surface area contributed by atoms with Gasteiger partial charge in [-0.2, -0.15) is 0 Å². The predicted molar refractivity (Wildman–Crippen MR) is 75.0 cm³/mol. The maximum absolute atomic E-state index is 5.48. The van der Waals surface area contributed by atoms with Crippen LogP contribution < -0.4 is 11.3 Å². The zero-order valence-corrected chi connectivity index (χ0v) is 9.80. The molecule has 18 heavy (non-hydrogen) atoms. The predicted octanol–water partition coefficient (Wildman–Crippen LogP) is 3.19. The van der Waals surface area contributed by atoms with Gasteiger partial charge in [0.05, 0.1) is 5.52 Å². The molecule has 3 heteroatoms. The van der Waals surface area contributed by atoms with E-state index in [4.69, 9.17) is 5.84 Å². The van der Waals surface area contributed by atoms with E-state index >= 15 is 0 Å². The summed E-state index contributed by atoms with van der Waals surface area (Å²) in [4.78, 5) is 4.44. The number of nitrogens with zero attached hydrogens (tertiary/aromatic N) is 1. The minimum absolute atomic E-state index is 0.674. The number of pyridine rings is 1. The smallest absolute Gasteiger partial charge is 0.141 e. The molecule has 3 aromatic rings. The fourth-order valence-corrected chi connectivity index (χ4v) is 2.11. The van der Waals surface area contributed by atoms with Crippen LogP contribution in [0.25, 0.3) is 22.0 Å². The number of fused-ring (bicyclic) bond motifs is 1. The standard InChI is InChI=1S/C15H13N3/c16-18-15-10-13(11-6-2-1-3-7-11)12-8-4-5-9-14(12)17-15/h1-10H,16H2,(H,17,18). The van der Waals surface area contributed by atoms with E-state index in [1.807, 2.05) is 42.5 Å². The van der Waals surface area contributed by atoms with E-state index in [0.717, 1.165) is 22.0 Å². The van der Waals surface area contributed by atoms with Crippen LogP contribution in [0.15, 0.2) is 60.7 Å². The van der Waals surface area contributed by atoms with Gasteiger partial charge < -0.3 is 5.43 Å². The SMILES string of the molecule is NNc1cc(-c2ccccc2)c2ccccc2n1. The Bertz CT molecular complexity index is 678. The van der Waals surface area contributed by atoms with Gasteiger partial charge in [0, 0.05) is 5.39 Å². The molecule has 2 aromatic carbocycles. The van der Waals surface area contributed by atoms with Gasteiger partial charge in [-0.05, 0) is 23.3 Å². The summed E-state index contributed by atoms with van der Waals surface area (Å²) in [6.07, 6.45) is 0. The highest BCUT2D eigenvalue weighted by Gasteiger charge is 2.06. The number of aromatic nitrogens is 1. The molecule has 3 rings (SSSR count). The fourth-order valence-electron chi connectivity index (χ4n) is 2.11. The lowest BCUT2D eigenvalue weighted by Crippen LogP contribution is -2.08. The van der Waals surface area contributed by atoms with Crippen molar-refractivity contribution in [3.8, 4) is 11.1 Å². The van der Waals surface area contributed by atoms with E-state index in [2.05, 4.69) is 28.6 Å². The molecule has 0 bridgehead atoms. The van der Waals surface area contributed by atoms with Gasteiger partial charge in [0.1, 0.15) is 5.82 Å². The van der Waals surface area contributed by atoms with Gasteiger partial charge in [-0.1, -0.05) is 48.5 Å². The highest BCUT2D eigenvalue weighted by atomic mass is 15.2. The van der Waals surface area contributed by atoms with Crippen molar-refractivity contribution in [2.24, 2.45) is 5.84 Å². The van der Waals surface area contributed by atoms with Crippen molar-refractivity contribution in [2.45, 2.75) is 0 Å². The summed E-state index contributed by atoms with van der Waals surface area (Å²) in [7, 11) is 0.